The Morgan fingerprint density at radius 3 is 2.24 bits per heavy atom. The van der Waals surface area contributed by atoms with Crippen LogP contribution in [-0.4, -0.2) is 47.0 Å². The molecule has 0 aliphatic carbocycles. The number of nitrogens with zero attached hydrogens (tertiary/aromatic N) is 2. The Morgan fingerprint density at radius 1 is 0.976 bits per heavy atom. The first kappa shape index (κ1) is 29.1. The normalized spacial score (nSPS) is 13.0. The van der Waals surface area contributed by atoms with Gasteiger partial charge in [-0.25, -0.2) is 9.48 Å². The molecule has 0 saturated carbocycles. The van der Waals surface area contributed by atoms with E-state index < -0.39 is 29.9 Å². The highest BCUT2D eigenvalue weighted by molar-refractivity contribution is 5.87. The molecule has 0 bridgehead atoms. The molecular formula is C32H33N3O6. The van der Waals surface area contributed by atoms with Crippen LogP contribution in [0.2, 0.25) is 0 Å². The number of methoxy groups -OCH3 is 2. The van der Waals surface area contributed by atoms with Crippen molar-refractivity contribution in [3.05, 3.63) is 120 Å². The number of benzene rings is 3. The number of aromatic nitrogens is 2. The summed E-state index contributed by atoms with van der Waals surface area (Å²) in [5.41, 5.74) is 2.67. The molecule has 0 aliphatic heterocycles. The topological polar surface area (TPSA) is 112 Å². The number of amides is 1. The summed E-state index contributed by atoms with van der Waals surface area (Å²) in [6.07, 6.45) is 0.192. The molecule has 4 aromatic rings. The van der Waals surface area contributed by atoms with E-state index in [1.54, 1.807) is 17.9 Å². The third-order valence-corrected chi connectivity index (χ3v) is 6.53. The van der Waals surface area contributed by atoms with Crippen LogP contribution in [0.5, 0.6) is 11.6 Å². The van der Waals surface area contributed by atoms with Gasteiger partial charge in [-0.2, -0.15) is 5.10 Å². The summed E-state index contributed by atoms with van der Waals surface area (Å²) >= 11 is 0. The molecule has 9 nitrogen and oxygen atoms in total. The Kier molecular flexibility index (Phi) is 9.90. The molecule has 0 spiro atoms. The lowest BCUT2D eigenvalue weighted by atomic mass is 9.97. The molecular weight excluding hydrogens is 522 g/mol. The highest BCUT2D eigenvalue weighted by Crippen LogP contribution is 2.29. The SMILES string of the molecule is C=CC(C(=O)NC(Cc1ccccc1)C(=O)OC)[C@H](O)c1cc(OCc2ccc(OC)cc2)n(-c2ccccc2)n1. The van der Waals surface area contributed by atoms with E-state index in [0.717, 1.165) is 16.9 Å². The smallest absolute Gasteiger partial charge is 0.328 e. The van der Waals surface area contributed by atoms with Crippen molar-refractivity contribution in [2.24, 2.45) is 5.92 Å². The molecule has 3 aromatic carbocycles. The second-order valence-electron chi connectivity index (χ2n) is 9.27. The number of carbonyl (C=O) groups excluding carboxylic acids is 2. The predicted octanol–water partition coefficient (Wildman–Crippen LogP) is 4.20. The summed E-state index contributed by atoms with van der Waals surface area (Å²) < 4.78 is 17.8. The van der Waals surface area contributed by atoms with Crippen molar-refractivity contribution in [2.45, 2.75) is 25.2 Å². The summed E-state index contributed by atoms with van der Waals surface area (Å²) in [4.78, 5) is 25.8. The molecule has 2 unspecified atom stereocenters. The van der Waals surface area contributed by atoms with Crippen molar-refractivity contribution >= 4 is 11.9 Å². The average molecular weight is 556 g/mol. The number of esters is 1. The maximum Gasteiger partial charge on any atom is 0.328 e. The summed E-state index contributed by atoms with van der Waals surface area (Å²) in [5, 5.41) is 18.6. The summed E-state index contributed by atoms with van der Waals surface area (Å²) in [6, 6.07) is 26.7. The molecule has 2 N–H and O–H groups in total. The largest absolute Gasteiger partial charge is 0.497 e. The van der Waals surface area contributed by atoms with Crippen molar-refractivity contribution < 1.29 is 28.9 Å². The Labute approximate surface area is 239 Å². The minimum atomic E-state index is -1.36. The maximum atomic E-state index is 13.3. The van der Waals surface area contributed by atoms with E-state index in [4.69, 9.17) is 14.2 Å². The van der Waals surface area contributed by atoms with Gasteiger partial charge >= 0.3 is 5.97 Å². The van der Waals surface area contributed by atoms with Gasteiger partial charge < -0.3 is 24.6 Å². The number of rotatable bonds is 13. The van der Waals surface area contributed by atoms with E-state index in [1.165, 1.54) is 13.2 Å². The summed E-state index contributed by atoms with van der Waals surface area (Å²) in [5.74, 6) is -1.18. The fourth-order valence-electron chi connectivity index (χ4n) is 4.28. The quantitative estimate of drug-likeness (QED) is 0.188. The highest BCUT2D eigenvalue weighted by Gasteiger charge is 2.32. The Morgan fingerprint density at radius 2 is 1.63 bits per heavy atom. The first-order chi connectivity index (χ1) is 19.9. The third kappa shape index (κ3) is 7.40. The van der Waals surface area contributed by atoms with E-state index in [2.05, 4.69) is 17.0 Å². The van der Waals surface area contributed by atoms with Gasteiger partial charge in [0, 0.05) is 12.5 Å². The van der Waals surface area contributed by atoms with Gasteiger partial charge in [-0.3, -0.25) is 4.79 Å². The number of hydrogen-bond acceptors (Lipinski definition) is 7. The number of ether oxygens (including phenoxy) is 3. The molecule has 212 valence electrons. The highest BCUT2D eigenvalue weighted by atomic mass is 16.5. The summed E-state index contributed by atoms with van der Waals surface area (Å²) in [7, 11) is 2.86. The zero-order chi connectivity index (χ0) is 29.2. The molecule has 3 atom stereocenters. The molecule has 1 aromatic heterocycles. The van der Waals surface area contributed by atoms with Crippen LogP contribution in [0, 0.1) is 5.92 Å². The Balaban J connectivity index is 1.55. The number of hydrogen-bond donors (Lipinski definition) is 2. The lowest BCUT2D eigenvalue weighted by Crippen LogP contribution is -2.46. The van der Waals surface area contributed by atoms with Crippen LogP contribution in [0.25, 0.3) is 5.69 Å². The molecule has 9 heteroatoms. The van der Waals surface area contributed by atoms with Gasteiger partial charge in [0.2, 0.25) is 11.8 Å². The van der Waals surface area contributed by atoms with Gasteiger partial charge in [-0.1, -0.05) is 66.7 Å². The van der Waals surface area contributed by atoms with Crippen LogP contribution in [-0.2, 0) is 27.4 Å². The number of carbonyl (C=O) groups is 2. The van der Waals surface area contributed by atoms with E-state index in [1.807, 2.05) is 84.9 Å². The predicted molar refractivity (Wildman–Crippen MR) is 154 cm³/mol. The van der Waals surface area contributed by atoms with Crippen LogP contribution in [0.15, 0.2) is 104 Å². The van der Waals surface area contributed by atoms with E-state index in [0.29, 0.717) is 11.6 Å². The van der Waals surface area contributed by atoms with Gasteiger partial charge in [0.25, 0.3) is 0 Å². The zero-order valence-corrected chi connectivity index (χ0v) is 23.0. The second kappa shape index (κ2) is 14.0. The second-order valence-corrected chi connectivity index (χ2v) is 9.27. The van der Waals surface area contributed by atoms with Gasteiger partial charge in [0.05, 0.1) is 31.5 Å². The van der Waals surface area contributed by atoms with Gasteiger partial charge in [0.15, 0.2) is 0 Å². The average Bonchev–Trinajstić information content (AvgIpc) is 3.45. The van der Waals surface area contributed by atoms with E-state index in [9.17, 15) is 14.7 Å². The minimum absolute atomic E-state index is 0.205. The van der Waals surface area contributed by atoms with Gasteiger partial charge in [-0.15, -0.1) is 6.58 Å². The molecule has 41 heavy (non-hydrogen) atoms. The van der Waals surface area contributed by atoms with E-state index in [-0.39, 0.29) is 18.7 Å². The van der Waals surface area contributed by atoms with Crippen molar-refractivity contribution in [3.8, 4) is 17.3 Å². The zero-order valence-electron chi connectivity index (χ0n) is 23.0. The van der Waals surface area contributed by atoms with Crippen LogP contribution in [0.1, 0.15) is 22.9 Å². The standard InChI is InChI=1S/C32H33N3O6/c1-4-26(31(37)33-28(32(38)40-3)19-22-11-7-5-8-12-22)30(36)27-20-29(35(34-27)24-13-9-6-10-14-24)41-21-23-15-17-25(39-2)18-16-23/h4-18,20,26,28,30,36H,1,19,21H2,2-3H3,(H,33,37)/t26?,28?,30-/m0/s1. The Hall–Kier alpha value is -4.89. The Bertz CT molecular complexity index is 1440. The number of para-hydroxylation sites is 1. The number of aliphatic hydroxyl groups is 1. The molecule has 1 heterocycles. The van der Waals surface area contributed by atoms with Crippen LogP contribution in [0.4, 0.5) is 0 Å². The lowest BCUT2D eigenvalue weighted by molar-refractivity contribution is -0.145. The van der Waals surface area contributed by atoms with Gasteiger partial charge in [0.1, 0.15) is 24.5 Å². The van der Waals surface area contributed by atoms with Crippen LogP contribution < -0.4 is 14.8 Å². The minimum Gasteiger partial charge on any atom is -0.497 e. The molecule has 1 amide bonds. The maximum absolute atomic E-state index is 13.3. The third-order valence-electron chi connectivity index (χ3n) is 6.53. The van der Waals surface area contributed by atoms with Crippen molar-refractivity contribution in [1.29, 1.82) is 0 Å². The molecule has 0 radical (unpaired) electrons. The first-order valence-corrected chi connectivity index (χ1v) is 13.1. The fourth-order valence-corrected chi connectivity index (χ4v) is 4.28. The fraction of sp³-hybridized carbons (Fsp3) is 0.219. The molecule has 0 aliphatic rings. The lowest BCUT2D eigenvalue weighted by Gasteiger charge is -2.22. The monoisotopic (exact) mass is 555 g/mol. The number of aliphatic hydroxyl groups excluding tert-OH is 1. The van der Waals surface area contributed by atoms with Crippen molar-refractivity contribution in [3.63, 3.8) is 0 Å². The van der Waals surface area contributed by atoms with E-state index >= 15 is 0 Å². The molecule has 0 saturated heterocycles. The van der Waals surface area contributed by atoms with Crippen molar-refractivity contribution in [2.75, 3.05) is 14.2 Å². The van der Waals surface area contributed by atoms with Crippen LogP contribution in [0.3, 0.4) is 0 Å². The molecule has 0 fully saturated rings. The molecule has 4 rings (SSSR count). The number of nitrogens with one attached hydrogen (secondary N) is 1. The first-order valence-electron chi connectivity index (χ1n) is 13.1. The van der Waals surface area contributed by atoms with Crippen molar-refractivity contribution in [1.82, 2.24) is 15.1 Å². The van der Waals surface area contributed by atoms with Gasteiger partial charge in [-0.05, 0) is 35.4 Å². The summed E-state index contributed by atoms with van der Waals surface area (Å²) in [6.45, 7) is 3.99. The van der Waals surface area contributed by atoms with Crippen LogP contribution >= 0.6 is 0 Å².